The number of hydrogen-bond acceptors (Lipinski definition) is 3. The van der Waals surface area contributed by atoms with E-state index in [1.165, 1.54) is 12.7 Å². The summed E-state index contributed by atoms with van der Waals surface area (Å²) >= 11 is 0. The van der Waals surface area contributed by atoms with Crippen molar-refractivity contribution in [2.45, 2.75) is 59.0 Å². The molecule has 1 aromatic rings. The second kappa shape index (κ2) is 7.60. The maximum absolute atomic E-state index is 12.3. The van der Waals surface area contributed by atoms with E-state index in [-0.39, 0.29) is 12.0 Å². The van der Waals surface area contributed by atoms with Crippen molar-refractivity contribution in [3.05, 3.63) is 35.4 Å². The number of esters is 1. The summed E-state index contributed by atoms with van der Waals surface area (Å²) in [5, 5.41) is 3.40. The van der Waals surface area contributed by atoms with Gasteiger partial charge in [0.2, 0.25) is 0 Å². The molecule has 0 saturated carbocycles. The van der Waals surface area contributed by atoms with Crippen LogP contribution in [-0.2, 0) is 21.5 Å². The fourth-order valence-electron chi connectivity index (χ4n) is 2.50. The molecule has 21 heavy (non-hydrogen) atoms. The largest absolute Gasteiger partial charge is 0.467 e. The summed E-state index contributed by atoms with van der Waals surface area (Å²) in [7, 11) is 1.44. The summed E-state index contributed by atoms with van der Waals surface area (Å²) < 4.78 is 5.01. The Bertz CT molecular complexity index is 453. The van der Waals surface area contributed by atoms with Gasteiger partial charge in [0.05, 0.1) is 7.11 Å². The zero-order valence-electron chi connectivity index (χ0n) is 14.2. The zero-order valence-corrected chi connectivity index (χ0v) is 14.2. The molecular formula is C18H29NO2. The molecule has 0 fully saturated rings. The smallest absolute Gasteiger partial charge is 0.330 e. The lowest BCUT2D eigenvalue weighted by Gasteiger charge is -2.31. The Kier molecular flexibility index (Phi) is 6.41. The Labute approximate surface area is 129 Å². The van der Waals surface area contributed by atoms with Crippen LogP contribution >= 0.6 is 0 Å². The number of carbonyl (C=O) groups excluding carboxylic acids is 1. The van der Waals surface area contributed by atoms with E-state index < -0.39 is 5.54 Å². The average Bonchev–Trinajstić information content (AvgIpc) is 2.46. The second-order valence-electron chi connectivity index (χ2n) is 6.37. The van der Waals surface area contributed by atoms with Gasteiger partial charge in [-0.15, -0.1) is 0 Å². The molecule has 1 rings (SSSR count). The number of benzene rings is 1. The standard InChI is InChI=1S/C18H29NO2/c1-7-14(4)19-18(5,17(20)21-6)16-10-8-15(9-11-16)12-13(2)3/h8-11,13-14,19H,7,12H2,1-6H3. The normalized spacial score (nSPS) is 15.6. The van der Waals surface area contributed by atoms with Crippen molar-refractivity contribution in [1.29, 1.82) is 0 Å². The maximum Gasteiger partial charge on any atom is 0.330 e. The molecule has 0 bridgehead atoms. The van der Waals surface area contributed by atoms with Crippen LogP contribution < -0.4 is 5.32 Å². The van der Waals surface area contributed by atoms with E-state index in [1.807, 2.05) is 19.1 Å². The molecule has 0 aliphatic carbocycles. The van der Waals surface area contributed by atoms with Crippen LogP contribution in [0.2, 0.25) is 0 Å². The number of methoxy groups -OCH3 is 1. The fraction of sp³-hybridized carbons (Fsp3) is 0.611. The molecule has 0 amide bonds. The van der Waals surface area contributed by atoms with Crippen LogP contribution in [0, 0.1) is 5.92 Å². The van der Waals surface area contributed by atoms with Gasteiger partial charge in [-0.05, 0) is 43.7 Å². The maximum atomic E-state index is 12.3. The van der Waals surface area contributed by atoms with Crippen LogP contribution in [-0.4, -0.2) is 19.1 Å². The van der Waals surface area contributed by atoms with Crippen molar-refractivity contribution >= 4 is 5.97 Å². The molecule has 1 N–H and O–H groups in total. The molecule has 2 atom stereocenters. The van der Waals surface area contributed by atoms with E-state index in [2.05, 4.69) is 45.1 Å². The molecule has 118 valence electrons. The lowest BCUT2D eigenvalue weighted by Crippen LogP contribution is -2.51. The first-order chi connectivity index (χ1) is 9.83. The molecule has 0 aliphatic heterocycles. The predicted octanol–water partition coefficient (Wildman–Crippen LogP) is 3.66. The first kappa shape index (κ1) is 17.7. The lowest BCUT2D eigenvalue weighted by molar-refractivity contribution is -0.148. The third-order valence-electron chi connectivity index (χ3n) is 3.92. The zero-order chi connectivity index (χ0) is 16.0. The van der Waals surface area contributed by atoms with Crippen molar-refractivity contribution in [2.24, 2.45) is 5.92 Å². The van der Waals surface area contributed by atoms with E-state index in [0.29, 0.717) is 5.92 Å². The Morgan fingerprint density at radius 3 is 2.24 bits per heavy atom. The summed E-state index contributed by atoms with van der Waals surface area (Å²) in [5.74, 6) is 0.375. The minimum atomic E-state index is -0.805. The molecule has 0 saturated heterocycles. The monoisotopic (exact) mass is 291 g/mol. The molecule has 1 aromatic carbocycles. The van der Waals surface area contributed by atoms with Crippen molar-refractivity contribution in [1.82, 2.24) is 5.32 Å². The third-order valence-corrected chi connectivity index (χ3v) is 3.92. The molecule has 0 aromatic heterocycles. The Balaban J connectivity index is 3.06. The van der Waals surface area contributed by atoms with Crippen LogP contribution in [0.15, 0.2) is 24.3 Å². The highest BCUT2D eigenvalue weighted by Crippen LogP contribution is 2.24. The van der Waals surface area contributed by atoms with Crippen molar-refractivity contribution < 1.29 is 9.53 Å². The number of ether oxygens (including phenoxy) is 1. The van der Waals surface area contributed by atoms with E-state index in [4.69, 9.17) is 4.74 Å². The molecule has 0 aliphatic rings. The van der Waals surface area contributed by atoms with Gasteiger partial charge in [-0.2, -0.15) is 0 Å². The van der Waals surface area contributed by atoms with Crippen LogP contribution in [0.4, 0.5) is 0 Å². The SMILES string of the molecule is CCC(C)NC(C)(C(=O)OC)c1ccc(CC(C)C)cc1. The van der Waals surface area contributed by atoms with E-state index in [0.717, 1.165) is 18.4 Å². The van der Waals surface area contributed by atoms with Crippen LogP contribution in [0.1, 0.15) is 52.2 Å². The highest BCUT2D eigenvalue weighted by molar-refractivity contribution is 5.82. The summed E-state index contributed by atoms with van der Waals surface area (Å²) in [5.41, 5.74) is 1.44. The predicted molar refractivity (Wildman–Crippen MR) is 87.2 cm³/mol. The van der Waals surface area contributed by atoms with Gasteiger partial charge in [-0.1, -0.05) is 45.0 Å². The number of rotatable bonds is 7. The molecule has 3 nitrogen and oxygen atoms in total. The van der Waals surface area contributed by atoms with Crippen LogP contribution in [0.5, 0.6) is 0 Å². The van der Waals surface area contributed by atoms with E-state index in [9.17, 15) is 4.79 Å². The van der Waals surface area contributed by atoms with Gasteiger partial charge in [-0.25, -0.2) is 4.79 Å². The second-order valence-corrected chi connectivity index (χ2v) is 6.37. The number of hydrogen-bond donors (Lipinski definition) is 1. The quantitative estimate of drug-likeness (QED) is 0.779. The van der Waals surface area contributed by atoms with Crippen LogP contribution in [0.25, 0.3) is 0 Å². The lowest BCUT2D eigenvalue weighted by atomic mass is 9.89. The molecule has 3 heteroatoms. The topological polar surface area (TPSA) is 38.3 Å². The molecule has 0 radical (unpaired) electrons. The minimum Gasteiger partial charge on any atom is -0.467 e. The first-order valence-corrected chi connectivity index (χ1v) is 7.79. The fourth-order valence-corrected chi connectivity index (χ4v) is 2.50. The molecular weight excluding hydrogens is 262 g/mol. The van der Waals surface area contributed by atoms with Gasteiger partial charge < -0.3 is 4.74 Å². The highest BCUT2D eigenvalue weighted by Gasteiger charge is 2.37. The van der Waals surface area contributed by atoms with Gasteiger partial charge in [0, 0.05) is 6.04 Å². The van der Waals surface area contributed by atoms with E-state index in [1.54, 1.807) is 0 Å². The van der Waals surface area contributed by atoms with Gasteiger partial charge >= 0.3 is 5.97 Å². The number of carbonyl (C=O) groups is 1. The summed E-state index contributed by atoms with van der Waals surface area (Å²) in [6.07, 6.45) is 2.01. The number of nitrogens with one attached hydrogen (secondary N) is 1. The van der Waals surface area contributed by atoms with Crippen molar-refractivity contribution in [3.8, 4) is 0 Å². The molecule has 0 spiro atoms. The Morgan fingerprint density at radius 2 is 1.81 bits per heavy atom. The molecule has 2 unspecified atom stereocenters. The minimum absolute atomic E-state index is 0.240. The summed E-state index contributed by atoms with van der Waals surface area (Å²) in [4.78, 5) is 12.3. The van der Waals surface area contributed by atoms with E-state index >= 15 is 0 Å². The van der Waals surface area contributed by atoms with Crippen molar-refractivity contribution in [2.75, 3.05) is 7.11 Å². The van der Waals surface area contributed by atoms with Gasteiger partial charge in [-0.3, -0.25) is 5.32 Å². The molecule has 0 heterocycles. The highest BCUT2D eigenvalue weighted by atomic mass is 16.5. The summed E-state index contributed by atoms with van der Waals surface area (Å²) in [6.45, 7) is 10.5. The van der Waals surface area contributed by atoms with Gasteiger partial charge in [0.15, 0.2) is 0 Å². The van der Waals surface area contributed by atoms with Gasteiger partial charge in [0.1, 0.15) is 5.54 Å². The third kappa shape index (κ3) is 4.57. The average molecular weight is 291 g/mol. The van der Waals surface area contributed by atoms with Gasteiger partial charge in [0.25, 0.3) is 0 Å². The Morgan fingerprint density at radius 1 is 1.24 bits per heavy atom. The summed E-state index contributed by atoms with van der Waals surface area (Å²) in [6, 6.07) is 8.52. The van der Waals surface area contributed by atoms with Crippen molar-refractivity contribution in [3.63, 3.8) is 0 Å². The Hall–Kier alpha value is -1.35. The van der Waals surface area contributed by atoms with Crippen LogP contribution in [0.3, 0.4) is 0 Å². The first-order valence-electron chi connectivity index (χ1n) is 7.79.